The van der Waals surface area contributed by atoms with Gasteiger partial charge < -0.3 is 14.6 Å². The summed E-state index contributed by atoms with van der Waals surface area (Å²) in [6.07, 6.45) is 1.54. The number of nitrogens with zero attached hydrogens (tertiary/aromatic N) is 1. The van der Waals surface area contributed by atoms with Crippen LogP contribution in [0, 0.1) is 6.92 Å². The molecular formula is C18H19NO4. The van der Waals surface area contributed by atoms with Gasteiger partial charge in [0.05, 0.1) is 25.0 Å². The van der Waals surface area contributed by atoms with Gasteiger partial charge in [-0.3, -0.25) is 4.99 Å². The van der Waals surface area contributed by atoms with E-state index in [1.165, 1.54) is 7.11 Å². The minimum atomic E-state index is -0.414. The number of rotatable bonds is 5. The Labute approximate surface area is 135 Å². The highest BCUT2D eigenvalue weighted by Gasteiger charge is 2.08. The Balaban J connectivity index is 2.33. The molecule has 0 unspecified atom stereocenters. The predicted molar refractivity (Wildman–Crippen MR) is 89.0 cm³/mol. The molecule has 0 radical (unpaired) electrons. The number of benzene rings is 2. The second-order valence-electron chi connectivity index (χ2n) is 4.88. The average Bonchev–Trinajstić information content (AvgIpc) is 2.56. The average molecular weight is 313 g/mol. The van der Waals surface area contributed by atoms with Crippen LogP contribution in [0.3, 0.4) is 0 Å². The number of carbonyl (C=O) groups excluding carboxylic acids is 1. The first-order chi connectivity index (χ1) is 11.1. The summed E-state index contributed by atoms with van der Waals surface area (Å²) < 4.78 is 10.1. The quantitative estimate of drug-likeness (QED) is 0.676. The van der Waals surface area contributed by atoms with E-state index in [2.05, 4.69) is 4.99 Å². The number of hydrogen-bond donors (Lipinski definition) is 1. The van der Waals surface area contributed by atoms with Crippen molar-refractivity contribution in [2.45, 2.75) is 13.8 Å². The van der Waals surface area contributed by atoms with Crippen LogP contribution >= 0.6 is 0 Å². The van der Waals surface area contributed by atoms with Gasteiger partial charge in [0.15, 0.2) is 11.5 Å². The predicted octanol–water partition coefficient (Wildman–Crippen LogP) is 3.64. The standard InChI is InChI=1S/C18H19NO4/c1-4-23-16-7-5-6-14(17(16)20)11-19-15-10-13(18(21)22-3)9-8-12(15)2/h5-11,20H,4H2,1-3H3. The number of carbonyl (C=O) groups is 1. The van der Waals surface area contributed by atoms with Crippen LogP contribution in [0.15, 0.2) is 41.4 Å². The zero-order chi connectivity index (χ0) is 16.8. The second-order valence-corrected chi connectivity index (χ2v) is 4.88. The summed E-state index contributed by atoms with van der Waals surface area (Å²) in [5.74, 6) is 0.0407. The molecule has 0 aliphatic carbocycles. The highest BCUT2D eigenvalue weighted by atomic mass is 16.5. The van der Waals surface area contributed by atoms with Crippen molar-refractivity contribution < 1.29 is 19.4 Å². The number of methoxy groups -OCH3 is 1. The lowest BCUT2D eigenvalue weighted by Gasteiger charge is -2.07. The van der Waals surface area contributed by atoms with Crippen LogP contribution < -0.4 is 4.74 Å². The van der Waals surface area contributed by atoms with Crippen LogP contribution in [-0.4, -0.2) is 31.0 Å². The Bertz CT molecular complexity index is 738. The molecule has 2 rings (SSSR count). The first-order valence-corrected chi connectivity index (χ1v) is 7.24. The molecule has 2 aromatic rings. The Morgan fingerprint density at radius 2 is 2.09 bits per heavy atom. The lowest BCUT2D eigenvalue weighted by atomic mass is 10.1. The molecule has 0 saturated carbocycles. The topological polar surface area (TPSA) is 68.1 Å². The lowest BCUT2D eigenvalue weighted by Crippen LogP contribution is -2.00. The number of esters is 1. The van der Waals surface area contributed by atoms with Gasteiger partial charge in [0.2, 0.25) is 0 Å². The van der Waals surface area contributed by atoms with Crippen LogP contribution in [0.4, 0.5) is 5.69 Å². The molecule has 0 amide bonds. The summed E-state index contributed by atoms with van der Waals surface area (Å²) in [5, 5.41) is 10.2. The molecular weight excluding hydrogens is 294 g/mol. The van der Waals surface area contributed by atoms with E-state index < -0.39 is 5.97 Å². The summed E-state index contributed by atoms with van der Waals surface area (Å²) in [5.41, 5.74) is 2.51. The molecule has 0 aliphatic rings. The van der Waals surface area contributed by atoms with Crippen molar-refractivity contribution in [3.8, 4) is 11.5 Å². The van der Waals surface area contributed by atoms with Gasteiger partial charge >= 0.3 is 5.97 Å². The number of hydrogen-bond acceptors (Lipinski definition) is 5. The molecule has 0 bridgehead atoms. The first-order valence-electron chi connectivity index (χ1n) is 7.24. The number of phenolic OH excluding ortho intramolecular Hbond substituents is 1. The monoisotopic (exact) mass is 313 g/mol. The minimum absolute atomic E-state index is 0.0416. The van der Waals surface area contributed by atoms with Gasteiger partial charge in [-0.25, -0.2) is 4.79 Å². The van der Waals surface area contributed by atoms with Crippen LogP contribution in [0.1, 0.15) is 28.4 Å². The van der Waals surface area contributed by atoms with E-state index in [4.69, 9.17) is 9.47 Å². The number of aliphatic imine (C=N–C) groups is 1. The molecule has 0 spiro atoms. The van der Waals surface area contributed by atoms with E-state index in [-0.39, 0.29) is 5.75 Å². The molecule has 5 heteroatoms. The van der Waals surface area contributed by atoms with E-state index in [0.29, 0.717) is 29.2 Å². The van der Waals surface area contributed by atoms with Crippen molar-refractivity contribution >= 4 is 17.9 Å². The van der Waals surface area contributed by atoms with Crippen LogP contribution in [-0.2, 0) is 4.74 Å². The van der Waals surface area contributed by atoms with Crippen molar-refractivity contribution in [2.75, 3.05) is 13.7 Å². The molecule has 1 N–H and O–H groups in total. The van der Waals surface area contributed by atoms with Crippen LogP contribution in [0.25, 0.3) is 0 Å². The molecule has 0 aliphatic heterocycles. The zero-order valence-electron chi connectivity index (χ0n) is 13.4. The normalized spacial score (nSPS) is 10.7. The van der Waals surface area contributed by atoms with Crippen LogP contribution in [0.5, 0.6) is 11.5 Å². The summed E-state index contributed by atoms with van der Waals surface area (Å²) in [4.78, 5) is 16.0. The molecule has 0 saturated heterocycles. The maximum Gasteiger partial charge on any atom is 0.337 e. The third kappa shape index (κ3) is 3.88. The van der Waals surface area contributed by atoms with Gasteiger partial charge in [-0.1, -0.05) is 12.1 Å². The largest absolute Gasteiger partial charge is 0.504 e. The fraction of sp³-hybridized carbons (Fsp3) is 0.222. The van der Waals surface area contributed by atoms with E-state index in [9.17, 15) is 9.90 Å². The summed E-state index contributed by atoms with van der Waals surface area (Å²) >= 11 is 0. The highest BCUT2D eigenvalue weighted by molar-refractivity contribution is 5.91. The highest BCUT2D eigenvalue weighted by Crippen LogP contribution is 2.29. The molecule has 120 valence electrons. The number of aromatic hydroxyl groups is 1. The zero-order valence-corrected chi connectivity index (χ0v) is 13.4. The molecule has 0 aromatic heterocycles. The summed E-state index contributed by atoms with van der Waals surface area (Å²) in [6, 6.07) is 10.4. The third-order valence-corrected chi connectivity index (χ3v) is 3.30. The van der Waals surface area contributed by atoms with Gasteiger partial charge in [0.1, 0.15) is 0 Å². The van der Waals surface area contributed by atoms with E-state index in [0.717, 1.165) is 5.56 Å². The number of phenols is 1. The van der Waals surface area contributed by atoms with Crippen LogP contribution in [0.2, 0.25) is 0 Å². The second kappa shape index (κ2) is 7.45. The van der Waals surface area contributed by atoms with Gasteiger partial charge in [-0.05, 0) is 43.7 Å². The number of aryl methyl sites for hydroxylation is 1. The molecule has 0 fully saturated rings. The first kappa shape index (κ1) is 16.5. The fourth-order valence-electron chi connectivity index (χ4n) is 2.05. The SMILES string of the molecule is CCOc1cccc(C=Nc2cc(C(=O)OC)ccc2C)c1O. The lowest BCUT2D eigenvalue weighted by molar-refractivity contribution is 0.0601. The van der Waals surface area contributed by atoms with Crippen molar-refractivity contribution in [1.82, 2.24) is 0 Å². The van der Waals surface area contributed by atoms with Gasteiger partial charge in [0.25, 0.3) is 0 Å². The van der Waals surface area contributed by atoms with Crippen molar-refractivity contribution in [3.05, 3.63) is 53.1 Å². The van der Waals surface area contributed by atoms with Crippen molar-refractivity contribution in [1.29, 1.82) is 0 Å². The van der Waals surface area contributed by atoms with Crippen molar-refractivity contribution in [3.63, 3.8) is 0 Å². The molecule has 2 aromatic carbocycles. The van der Waals surface area contributed by atoms with E-state index in [1.54, 1.807) is 42.6 Å². The Morgan fingerprint density at radius 3 is 2.78 bits per heavy atom. The van der Waals surface area contributed by atoms with Gasteiger partial charge in [-0.2, -0.15) is 0 Å². The maximum atomic E-state index is 11.6. The maximum absolute atomic E-state index is 11.6. The number of para-hydroxylation sites is 1. The summed E-state index contributed by atoms with van der Waals surface area (Å²) in [6.45, 7) is 4.21. The van der Waals surface area contributed by atoms with Gasteiger partial charge in [-0.15, -0.1) is 0 Å². The Hall–Kier alpha value is -2.82. The number of ether oxygens (including phenoxy) is 2. The van der Waals surface area contributed by atoms with E-state index in [1.807, 2.05) is 13.8 Å². The molecule has 5 nitrogen and oxygen atoms in total. The fourth-order valence-corrected chi connectivity index (χ4v) is 2.05. The minimum Gasteiger partial charge on any atom is -0.504 e. The third-order valence-electron chi connectivity index (χ3n) is 3.30. The van der Waals surface area contributed by atoms with Crippen molar-refractivity contribution in [2.24, 2.45) is 4.99 Å². The Kier molecular flexibility index (Phi) is 5.36. The van der Waals surface area contributed by atoms with Gasteiger partial charge in [0, 0.05) is 11.8 Å². The molecule has 0 heterocycles. The summed E-state index contributed by atoms with van der Waals surface area (Å²) in [7, 11) is 1.34. The van der Waals surface area contributed by atoms with E-state index >= 15 is 0 Å². The molecule has 0 atom stereocenters. The molecule has 23 heavy (non-hydrogen) atoms. The Morgan fingerprint density at radius 1 is 1.30 bits per heavy atom. The smallest absolute Gasteiger partial charge is 0.337 e.